The summed E-state index contributed by atoms with van der Waals surface area (Å²) in [5.41, 5.74) is 0. The molecule has 3 heteroatoms. The Kier molecular flexibility index (Phi) is 3.75. The molecule has 1 saturated carbocycles. The average Bonchev–Trinajstić information content (AvgIpc) is 2.59. The van der Waals surface area contributed by atoms with Gasteiger partial charge in [-0.3, -0.25) is 4.79 Å². The molecule has 0 amide bonds. The maximum atomic E-state index is 11.3. The van der Waals surface area contributed by atoms with Gasteiger partial charge < -0.3 is 4.74 Å². The summed E-state index contributed by atoms with van der Waals surface area (Å²) in [6.45, 7) is 2.13. The van der Waals surface area contributed by atoms with Crippen molar-refractivity contribution >= 4 is 5.97 Å². The number of carbonyl (C=O) groups is 1. The molecule has 0 spiro atoms. The number of nitriles is 1. The number of nitrogens with zero attached hydrogens (tertiary/aromatic N) is 1. The summed E-state index contributed by atoms with van der Waals surface area (Å²) >= 11 is 0. The summed E-state index contributed by atoms with van der Waals surface area (Å²) in [4.78, 5) is 11.3. The molecule has 1 aliphatic carbocycles. The van der Waals surface area contributed by atoms with Crippen molar-refractivity contribution in [3.63, 3.8) is 0 Å². The molecule has 0 saturated heterocycles. The number of ether oxygens (including phenoxy) is 1. The Morgan fingerprint density at radius 3 is 2.69 bits per heavy atom. The minimum Gasteiger partial charge on any atom is -0.465 e. The fourth-order valence-electron chi connectivity index (χ4n) is 1.87. The van der Waals surface area contributed by atoms with E-state index in [0.29, 0.717) is 6.61 Å². The summed E-state index contributed by atoms with van der Waals surface area (Å²) in [6, 6.07) is 2.05. The summed E-state index contributed by atoms with van der Waals surface area (Å²) in [5.74, 6) is -0.622. The van der Waals surface area contributed by atoms with Crippen molar-refractivity contribution in [2.75, 3.05) is 6.61 Å². The molecule has 1 atom stereocenters. The van der Waals surface area contributed by atoms with E-state index in [-0.39, 0.29) is 11.9 Å². The van der Waals surface area contributed by atoms with Crippen LogP contribution < -0.4 is 0 Å². The predicted octanol–water partition coefficient (Wildman–Crippen LogP) is 1.88. The van der Waals surface area contributed by atoms with Gasteiger partial charge in [-0.15, -0.1) is 0 Å². The molecule has 0 radical (unpaired) electrons. The van der Waals surface area contributed by atoms with Gasteiger partial charge in [-0.1, -0.05) is 12.8 Å². The fourth-order valence-corrected chi connectivity index (χ4v) is 1.87. The van der Waals surface area contributed by atoms with Crippen LogP contribution in [0.2, 0.25) is 0 Å². The van der Waals surface area contributed by atoms with E-state index in [4.69, 9.17) is 10.00 Å². The number of hydrogen-bond donors (Lipinski definition) is 0. The molecule has 1 aliphatic rings. The highest BCUT2D eigenvalue weighted by Gasteiger charge is 2.31. The first-order valence-electron chi connectivity index (χ1n) is 4.85. The Morgan fingerprint density at radius 1 is 1.62 bits per heavy atom. The van der Waals surface area contributed by atoms with Gasteiger partial charge in [0.1, 0.15) is 5.92 Å². The highest BCUT2D eigenvalue weighted by Crippen LogP contribution is 2.31. The van der Waals surface area contributed by atoms with Gasteiger partial charge in [-0.2, -0.15) is 5.26 Å². The third-order valence-corrected chi connectivity index (χ3v) is 2.55. The van der Waals surface area contributed by atoms with Crippen LogP contribution in [-0.2, 0) is 9.53 Å². The van der Waals surface area contributed by atoms with Gasteiger partial charge >= 0.3 is 5.97 Å². The van der Waals surface area contributed by atoms with Crippen LogP contribution >= 0.6 is 0 Å². The molecule has 1 rings (SSSR count). The number of carbonyl (C=O) groups excluding carboxylic acids is 1. The van der Waals surface area contributed by atoms with Gasteiger partial charge in [0.25, 0.3) is 0 Å². The Balaban J connectivity index is 2.51. The topological polar surface area (TPSA) is 50.1 Å². The Morgan fingerprint density at radius 2 is 2.23 bits per heavy atom. The van der Waals surface area contributed by atoms with Gasteiger partial charge in [0.15, 0.2) is 0 Å². The number of hydrogen-bond acceptors (Lipinski definition) is 3. The van der Waals surface area contributed by atoms with Crippen LogP contribution in [0.1, 0.15) is 32.6 Å². The quantitative estimate of drug-likeness (QED) is 0.624. The smallest absolute Gasteiger partial charge is 0.323 e. The summed E-state index contributed by atoms with van der Waals surface area (Å²) in [5, 5.41) is 8.83. The number of rotatable bonds is 3. The standard InChI is InChI=1S/C10H15NO2/c1-2-13-10(12)9(7-11)8-5-3-4-6-8/h8-9H,2-6H2,1H3/t9-/m0/s1. The molecule has 0 N–H and O–H groups in total. The molecular weight excluding hydrogens is 166 g/mol. The highest BCUT2D eigenvalue weighted by atomic mass is 16.5. The van der Waals surface area contributed by atoms with Gasteiger partial charge in [-0.05, 0) is 25.7 Å². The first kappa shape index (κ1) is 10.0. The van der Waals surface area contributed by atoms with E-state index in [1.54, 1.807) is 6.92 Å². The average molecular weight is 181 g/mol. The van der Waals surface area contributed by atoms with Crippen LogP contribution in [-0.4, -0.2) is 12.6 Å². The largest absolute Gasteiger partial charge is 0.465 e. The van der Waals surface area contributed by atoms with E-state index < -0.39 is 5.92 Å². The second-order valence-electron chi connectivity index (χ2n) is 3.40. The van der Waals surface area contributed by atoms with Crippen molar-refractivity contribution in [3.05, 3.63) is 0 Å². The third kappa shape index (κ3) is 2.45. The van der Waals surface area contributed by atoms with Crippen molar-refractivity contribution in [3.8, 4) is 6.07 Å². The zero-order chi connectivity index (χ0) is 9.68. The van der Waals surface area contributed by atoms with Crippen molar-refractivity contribution < 1.29 is 9.53 Å². The first-order valence-corrected chi connectivity index (χ1v) is 4.85. The second kappa shape index (κ2) is 4.86. The van der Waals surface area contributed by atoms with E-state index in [1.807, 2.05) is 0 Å². The van der Waals surface area contributed by atoms with Crippen LogP contribution in [0.3, 0.4) is 0 Å². The van der Waals surface area contributed by atoms with Crippen molar-refractivity contribution in [2.45, 2.75) is 32.6 Å². The van der Waals surface area contributed by atoms with E-state index in [2.05, 4.69) is 6.07 Å². The SMILES string of the molecule is CCOC(=O)[C@@H](C#N)C1CCCC1. The maximum Gasteiger partial charge on any atom is 0.323 e. The Hall–Kier alpha value is -1.04. The summed E-state index contributed by atoms with van der Waals surface area (Å²) in [6.07, 6.45) is 4.28. The fraction of sp³-hybridized carbons (Fsp3) is 0.800. The van der Waals surface area contributed by atoms with Crippen LogP contribution in [0.5, 0.6) is 0 Å². The molecule has 1 fully saturated rings. The minimum atomic E-state index is -0.526. The van der Waals surface area contributed by atoms with E-state index in [1.165, 1.54) is 0 Å². The minimum absolute atomic E-state index is 0.240. The molecule has 3 nitrogen and oxygen atoms in total. The number of esters is 1. The lowest BCUT2D eigenvalue weighted by molar-refractivity contribution is -0.147. The highest BCUT2D eigenvalue weighted by molar-refractivity contribution is 5.75. The molecule has 0 heterocycles. The van der Waals surface area contributed by atoms with Crippen LogP contribution in [0.15, 0.2) is 0 Å². The lowest BCUT2D eigenvalue weighted by atomic mass is 9.92. The van der Waals surface area contributed by atoms with Gasteiger partial charge in [0.05, 0.1) is 12.7 Å². The van der Waals surface area contributed by atoms with Gasteiger partial charge in [0.2, 0.25) is 0 Å². The Bertz CT molecular complexity index is 213. The molecule has 0 aliphatic heterocycles. The molecule has 13 heavy (non-hydrogen) atoms. The van der Waals surface area contributed by atoms with Crippen LogP contribution in [0, 0.1) is 23.2 Å². The molecule has 0 aromatic rings. The zero-order valence-corrected chi connectivity index (χ0v) is 7.95. The van der Waals surface area contributed by atoms with Crippen LogP contribution in [0.4, 0.5) is 0 Å². The monoisotopic (exact) mass is 181 g/mol. The van der Waals surface area contributed by atoms with E-state index >= 15 is 0 Å². The van der Waals surface area contributed by atoms with E-state index in [9.17, 15) is 4.79 Å². The normalized spacial score (nSPS) is 19.4. The van der Waals surface area contributed by atoms with Crippen molar-refractivity contribution in [1.29, 1.82) is 5.26 Å². The molecule has 0 bridgehead atoms. The van der Waals surface area contributed by atoms with Crippen molar-refractivity contribution in [1.82, 2.24) is 0 Å². The second-order valence-corrected chi connectivity index (χ2v) is 3.40. The molecule has 0 aromatic heterocycles. The molecular formula is C10H15NO2. The zero-order valence-electron chi connectivity index (χ0n) is 7.95. The lowest BCUT2D eigenvalue weighted by Gasteiger charge is -2.13. The molecule has 0 unspecified atom stereocenters. The van der Waals surface area contributed by atoms with E-state index in [0.717, 1.165) is 25.7 Å². The summed E-state index contributed by atoms with van der Waals surface area (Å²) < 4.78 is 4.85. The molecule has 0 aromatic carbocycles. The van der Waals surface area contributed by atoms with Crippen molar-refractivity contribution in [2.24, 2.45) is 11.8 Å². The Labute approximate surface area is 78.7 Å². The first-order chi connectivity index (χ1) is 6.29. The molecule has 72 valence electrons. The van der Waals surface area contributed by atoms with Gasteiger partial charge in [0, 0.05) is 0 Å². The lowest BCUT2D eigenvalue weighted by Crippen LogP contribution is -2.22. The predicted molar refractivity (Wildman–Crippen MR) is 47.7 cm³/mol. The van der Waals surface area contributed by atoms with Gasteiger partial charge in [-0.25, -0.2) is 0 Å². The third-order valence-electron chi connectivity index (χ3n) is 2.55. The van der Waals surface area contributed by atoms with Crippen LogP contribution in [0.25, 0.3) is 0 Å². The summed E-state index contributed by atoms with van der Waals surface area (Å²) in [7, 11) is 0. The maximum absolute atomic E-state index is 11.3.